The molecule has 3 aromatic rings. The van der Waals surface area contributed by atoms with Crippen LogP contribution in [0.2, 0.25) is 0 Å². The van der Waals surface area contributed by atoms with E-state index in [1.54, 1.807) is 68.4 Å². The Morgan fingerprint density at radius 1 is 0.580 bits per heavy atom. The largest absolute Gasteiger partial charge is 0.391 e. The number of amides is 11. The molecule has 100 heavy (non-hydrogen) atoms. The third-order valence-electron chi connectivity index (χ3n) is 16.6. The van der Waals surface area contributed by atoms with E-state index in [0.29, 0.717) is 22.8 Å². The van der Waals surface area contributed by atoms with E-state index in [-0.39, 0.29) is 88.4 Å². The first kappa shape index (κ1) is 84.0. The summed E-state index contributed by atoms with van der Waals surface area (Å²) in [5.41, 5.74) is 25.1. The number of anilines is 1. The molecule has 1 aliphatic heterocycles. The van der Waals surface area contributed by atoms with Gasteiger partial charge >= 0.3 is 0 Å². The summed E-state index contributed by atoms with van der Waals surface area (Å²) < 4.78 is 30.4. The van der Waals surface area contributed by atoms with Crippen LogP contribution in [0.3, 0.4) is 0 Å². The summed E-state index contributed by atoms with van der Waals surface area (Å²) in [5, 5.41) is 51.2. The molecule has 556 valence electrons. The lowest BCUT2D eigenvalue weighted by Crippen LogP contribution is -2.62. The average Bonchev–Trinajstić information content (AvgIpc) is 0.778. The number of fused-ring (bicyclic) bond motifs is 1. The number of hydrogen-bond acceptors (Lipinski definition) is 20. The van der Waals surface area contributed by atoms with E-state index in [2.05, 4.69) is 63.2 Å². The van der Waals surface area contributed by atoms with Crippen molar-refractivity contribution in [3.8, 4) is 0 Å². The highest BCUT2D eigenvalue weighted by Gasteiger charge is 2.38. The quantitative estimate of drug-likeness (QED) is 0.0266. The summed E-state index contributed by atoms with van der Waals surface area (Å²) in [4.78, 5) is 158. The molecule has 0 aromatic heterocycles. The lowest BCUT2D eigenvalue weighted by Gasteiger charge is -2.29. The normalized spacial score (nSPS) is 21.1. The standard InChI is InChI=1S/C67H107N17O15S/c1-8-9-10-11-15-24-55(87)74-49(30-36-73-100(98,99)54-23-17-20-43-44(54)21-16-22-53(43)84(6)7)63(93)83-57(41(5)86)67(97)79-47(27-33-70)59(89)78-50-29-35-72-66(96)56(40(4)85)82-62(92)48(28-34-71)76-58(88)45(25-31-68)77-64(94)51(37-39(2)3)80-65(95)52(38-42-18-13-12-14-19-42)81-60(90)46(26-32-69)75-61(50)91/h12-14,16-23,39-41,45-52,56-57,73,85-86H,8-11,15,24-38,68-71H2,1-7H3,(H,72,96)(H,74,87)(H,75,91)(H,76,88)(H,77,94)(H,78,89)(H,79,97)(H,80,95)(H,81,90)(H,82,92)(H,83,93)/t40-,41-,45+,46+,47+,48+,49+,50+,51+,52-,56+,57+/m1/s1. The van der Waals surface area contributed by atoms with Crippen LogP contribution >= 0.6 is 0 Å². The number of rotatable bonds is 33. The molecule has 0 saturated carbocycles. The maximum absolute atomic E-state index is 14.7. The minimum absolute atomic E-state index is 0.0105. The van der Waals surface area contributed by atoms with Crippen molar-refractivity contribution < 1.29 is 71.4 Å². The Bertz CT molecular complexity index is 3330. The Morgan fingerprint density at radius 3 is 1.69 bits per heavy atom. The summed E-state index contributed by atoms with van der Waals surface area (Å²) in [5.74, 6) is -10.6. The molecule has 0 radical (unpaired) electrons. The number of aliphatic hydroxyl groups excluding tert-OH is 2. The van der Waals surface area contributed by atoms with Gasteiger partial charge in [-0.25, -0.2) is 13.1 Å². The van der Waals surface area contributed by atoms with Gasteiger partial charge in [-0.1, -0.05) is 101 Å². The molecule has 1 fully saturated rings. The molecule has 3 aromatic carbocycles. The van der Waals surface area contributed by atoms with Gasteiger partial charge in [0.1, 0.15) is 60.4 Å². The van der Waals surface area contributed by atoms with Crippen LogP contribution in [0, 0.1) is 5.92 Å². The molecular formula is C67H107N17O15S. The first-order chi connectivity index (χ1) is 47.5. The Morgan fingerprint density at radius 2 is 1.12 bits per heavy atom. The zero-order valence-electron chi connectivity index (χ0n) is 58.4. The van der Waals surface area contributed by atoms with Gasteiger partial charge in [-0.15, -0.1) is 0 Å². The van der Waals surface area contributed by atoms with Gasteiger partial charge in [0.2, 0.25) is 75.0 Å². The molecule has 11 amide bonds. The van der Waals surface area contributed by atoms with Crippen molar-refractivity contribution >= 4 is 91.5 Å². The van der Waals surface area contributed by atoms with Gasteiger partial charge in [-0.05, 0) is 115 Å². The van der Waals surface area contributed by atoms with Crippen LogP contribution in [-0.4, -0.2) is 210 Å². The molecule has 1 heterocycles. The summed E-state index contributed by atoms with van der Waals surface area (Å²) in [6, 6.07) is 2.95. The van der Waals surface area contributed by atoms with Crippen molar-refractivity contribution in [1.29, 1.82) is 0 Å². The van der Waals surface area contributed by atoms with Gasteiger partial charge in [0.25, 0.3) is 0 Å². The van der Waals surface area contributed by atoms with Gasteiger partial charge in [-0.2, -0.15) is 0 Å². The number of carbonyl (C=O) groups is 11. The van der Waals surface area contributed by atoms with E-state index >= 15 is 0 Å². The lowest BCUT2D eigenvalue weighted by molar-refractivity contribution is -0.137. The Labute approximate surface area is 585 Å². The highest BCUT2D eigenvalue weighted by atomic mass is 32.2. The number of aliphatic hydroxyl groups is 2. The van der Waals surface area contributed by atoms with Gasteiger partial charge < -0.3 is 96.5 Å². The summed E-state index contributed by atoms with van der Waals surface area (Å²) in [6.07, 6.45) is -1.24. The predicted molar refractivity (Wildman–Crippen MR) is 376 cm³/mol. The number of hydrogen-bond donors (Lipinski definition) is 18. The van der Waals surface area contributed by atoms with Crippen molar-refractivity contribution in [2.75, 3.05) is 58.3 Å². The van der Waals surface area contributed by atoms with Crippen molar-refractivity contribution in [2.45, 2.75) is 202 Å². The van der Waals surface area contributed by atoms with Crippen LogP contribution in [0.4, 0.5) is 5.69 Å². The number of unbranched alkanes of at least 4 members (excludes halogenated alkanes) is 4. The van der Waals surface area contributed by atoms with E-state index in [1.165, 1.54) is 13.0 Å². The van der Waals surface area contributed by atoms with Gasteiger partial charge in [0, 0.05) is 56.5 Å². The smallest absolute Gasteiger partial charge is 0.245 e. The highest BCUT2D eigenvalue weighted by Crippen LogP contribution is 2.30. The molecule has 0 bridgehead atoms. The molecule has 12 atom stereocenters. The zero-order valence-corrected chi connectivity index (χ0v) is 59.2. The third-order valence-corrected chi connectivity index (χ3v) is 18.1. The number of nitrogens with two attached hydrogens (primary N) is 4. The highest BCUT2D eigenvalue weighted by molar-refractivity contribution is 7.89. The monoisotopic (exact) mass is 1420 g/mol. The fourth-order valence-corrected chi connectivity index (χ4v) is 12.4. The maximum atomic E-state index is 14.7. The van der Waals surface area contributed by atoms with Crippen LogP contribution in [0.15, 0.2) is 71.6 Å². The van der Waals surface area contributed by atoms with Gasteiger partial charge in [0.05, 0.1) is 17.1 Å². The SMILES string of the molecule is CCCCCCCC(=O)N[C@@H](CCNS(=O)(=O)c1cccc2c(N(C)C)cccc12)C(=O)N[C@H](C(=O)N[C@@H](CCN)C(=O)N[C@H]1CCNC(=O)[C@H]([C@@H](C)O)NC(=O)[C@H](CCN)NC(=O)[C@H](CCN)NC(=O)[C@H](CC(C)C)NC(=O)[C@@H](Cc2ccccc2)NC(=O)[C@H](CCN)NC1=O)[C@@H](C)O. The molecule has 0 spiro atoms. The third kappa shape index (κ3) is 26.9. The average molecular weight is 1420 g/mol. The zero-order chi connectivity index (χ0) is 74.2. The van der Waals surface area contributed by atoms with Crippen molar-refractivity contribution in [1.82, 2.24) is 63.2 Å². The molecule has 0 unspecified atom stereocenters. The number of carbonyl (C=O) groups excluding carboxylic acids is 11. The minimum atomic E-state index is -4.26. The van der Waals surface area contributed by atoms with Gasteiger partial charge in [-0.3, -0.25) is 52.7 Å². The van der Waals surface area contributed by atoms with Crippen LogP contribution in [0.25, 0.3) is 10.8 Å². The van der Waals surface area contributed by atoms with Crippen LogP contribution < -0.4 is 91.0 Å². The molecule has 1 saturated heterocycles. The van der Waals surface area contributed by atoms with Crippen LogP contribution in [0.1, 0.15) is 124 Å². The first-order valence-corrected chi connectivity index (χ1v) is 35.7. The predicted octanol–water partition coefficient (Wildman–Crippen LogP) is -3.25. The fraction of sp³-hybridized carbons (Fsp3) is 0.597. The minimum Gasteiger partial charge on any atom is -0.391 e. The van der Waals surface area contributed by atoms with E-state index in [4.69, 9.17) is 22.9 Å². The second-order valence-electron chi connectivity index (χ2n) is 25.6. The summed E-state index contributed by atoms with van der Waals surface area (Å²) in [6.45, 7) is 6.24. The van der Waals surface area contributed by atoms with Gasteiger partial charge in [0.15, 0.2) is 0 Å². The molecule has 32 nitrogen and oxygen atoms in total. The molecular weight excluding hydrogens is 1310 g/mol. The number of nitrogens with zero attached hydrogens (tertiary/aromatic N) is 1. The Hall–Kier alpha value is -8.44. The first-order valence-electron chi connectivity index (χ1n) is 34.2. The van der Waals surface area contributed by atoms with E-state index in [1.807, 2.05) is 32.0 Å². The fourth-order valence-electron chi connectivity index (χ4n) is 11.2. The number of nitrogens with one attached hydrogen (secondary N) is 12. The number of benzene rings is 3. The van der Waals surface area contributed by atoms with Crippen LogP contribution in [-0.2, 0) is 69.2 Å². The van der Waals surface area contributed by atoms with Crippen molar-refractivity contribution in [2.24, 2.45) is 28.9 Å². The Kier molecular flexibility index (Phi) is 35.8. The second-order valence-corrected chi connectivity index (χ2v) is 27.3. The van der Waals surface area contributed by atoms with E-state index < -0.39 is 167 Å². The lowest BCUT2D eigenvalue weighted by atomic mass is 10.00. The van der Waals surface area contributed by atoms with E-state index in [0.717, 1.165) is 38.3 Å². The topological polar surface area (TPSA) is 514 Å². The summed E-state index contributed by atoms with van der Waals surface area (Å²) in [7, 11) is -0.617. The Balaban J connectivity index is 1.71. The molecule has 22 N–H and O–H groups in total. The molecule has 4 rings (SSSR count). The maximum Gasteiger partial charge on any atom is 0.245 e. The van der Waals surface area contributed by atoms with Crippen molar-refractivity contribution in [3.63, 3.8) is 0 Å². The molecule has 0 aliphatic carbocycles. The summed E-state index contributed by atoms with van der Waals surface area (Å²) >= 11 is 0. The second kappa shape index (κ2) is 42.6. The van der Waals surface area contributed by atoms with Crippen molar-refractivity contribution in [3.05, 3.63) is 72.3 Å². The number of sulfonamides is 1. The molecule has 33 heteroatoms. The molecule has 1 aliphatic rings. The van der Waals surface area contributed by atoms with Crippen LogP contribution in [0.5, 0.6) is 0 Å². The van der Waals surface area contributed by atoms with E-state index in [9.17, 15) is 71.4 Å².